The summed E-state index contributed by atoms with van der Waals surface area (Å²) in [6, 6.07) is 52.2. The lowest BCUT2D eigenvalue weighted by molar-refractivity contribution is 0.101. The van der Waals surface area contributed by atoms with Gasteiger partial charge in [-0.25, -0.2) is 9.26 Å². The maximum atomic E-state index is 10.9. The fourth-order valence-corrected chi connectivity index (χ4v) is 8.28. The number of aromatic nitrogens is 4. The van der Waals surface area contributed by atoms with Crippen LogP contribution in [-0.2, 0) is 0 Å². The molecule has 15 heteroatoms. The molecule has 61 heavy (non-hydrogen) atoms. The van der Waals surface area contributed by atoms with E-state index in [-0.39, 0.29) is 5.78 Å². The number of thiol groups is 1. The Morgan fingerprint density at radius 1 is 0.639 bits per heavy atom. The van der Waals surface area contributed by atoms with E-state index in [1.165, 1.54) is 13.0 Å². The van der Waals surface area contributed by atoms with Crippen molar-refractivity contribution in [1.29, 1.82) is 0 Å². The Labute approximate surface area is 375 Å². The summed E-state index contributed by atoms with van der Waals surface area (Å²) in [5.74, 6) is -0.0856. The quantitative estimate of drug-likeness (QED) is 0.0651. The maximum Gasteiger partial charge on any atom is 0.488 e. The summed E-state index contributed by atoms with van der Waals surface area (Å²) in [6.45, 7) is 3.20. The number of hydrogen-bond acceptors (Lipinski definition) is 13. The molecule has 0 bridgehead atoms. The van der Waals surface area contributed by atoms with Gasteiger partial charge in [0.15, 0.2) is 5.78 Å². The fraction of sp³-hybridized carbons (Fsp3) is 0.0652. The summed E-state index contributed by atoms with van der Waals surface area (Å²) in [7, 11) is -1.51. The SMILES string of the molecule is Brc1cc(Sc2ccccc2)c2nonc2c1.CC(=O)c1cccc(B(O)O)c1.CC(O)c1cccc(-c2cc(Sc3ccccc3)c3nonc3c2)c1.Sc1ccccc1. The summed E-state index contributed by atoms with van der Waals surface area (Å²) in [5.41, 5.74) is 6.78. The lowest BCUT2D eigenvalue weighted by Gasteiger charge is -2.09. The third-order valence-electron chi connectivity index (χ3n) is 8.61. The number of carbonyl (C=O) groups excluding carboxylic acids is 1. The van der Waals surface area contributed by atoms with Crippen molar-refractivity contribution in [3.63, 3.8) is 0 Å². The van der Waals surface area contributed by atoms with Gasteiger partial charge in [-0.1, -0.05) is 137 Å². The highest BCUT2D eigenvalue weighted by Crippen LogP contribution is 2.37. The van der Waals surface area contributed by atoms with Gasteiger partial charge in [0, 0.05) is 34.5 Å². The number of aliphatic hydroxyl groups is 1. The zero-order valence-electron chi connectivity index (χ0n) is 32.7. The largest absolute Gasteiger partial charge is 0.488 e. The number of fused-ring (bicyclic) bond motifs is 2. The predicted octanol–water partition coefficient (Wildman–Crippen LogP) is 10.8. The average Bonchev–Trinajstić information content (AvgIpc) is 3.96. The Balaban J connectivity index is 0.000000149. The standard InChI is InChI=1S/C20H16N2O2S.C12H7BrN2OS.C8H9BO3.C6H6S/c1-13(23)14-6-5-7-15(10-14)16-11-18-20(22-24-21-18)19(12-16)25-17-8-3-2-4-9-17;13-8-6-10-12(15-16-14-10)11(7-8)17-9-4-2-1-3-5-9;1-6(10)7-3-2-4-8(5-7)9(11)12;7-6-4-2-1-3-5-6/h2-13,23H,1H3;1-7H;2-5,11-12H,1H3;1-5,7H. The number of Topliss-reactive ketones (excluding diaryl/α,β-unsaturated/α-hetero) is 1. The summed E-state index contributed by atoms with van der Waals surface area (Å²) in [5, 5.41) is 43.2. The lowest BCUT2D eigenvalue weighted by atomic mass is 9.79. The molecule has 2 aromatic heterocycles. The second-order valence-electron chi connectivity index (χ2n) is 13.2. The molecule has 0 aliphatic carbocycles. The van der Waals surface area contributed by atoms with Gasteiger partial charge >= 0.3 is 7.12 Å². The first kappa shape index (κ1) is 45.0. The monoisotopic (exact) mass is 928 g/mol. The van der Waals surface area contributed by atoms with Crippen molar-refractivity contribution in [3.05, 3.63) is 179 Å². The van der Waals surface area contributed by atoms with Gasteiger partial charge in [0.1, 0.15) is 22.1 Å². The Morgan fingerprint density at radius 3 is 1.70 bits per heavy atom. The first-order chi connectivity index (χ1) is 29.5. The third-order valence-corrected chi connectivity index (χ3v) is 11.4. The van der Waals surface area contributed by atoms with Crippen LogP contribution in [0.25, 0.3) is 33.2 Å². The molecule has 0 aliphatic heterocycles. The van der Waals surface area contributed by atoms with Crippen molar-refractivity contribution in [2.75, 3.05) is 0 Å². The van der Waals surface area contributed by atoms with Gasteiger partial charge < -0.3 is 15.2 Å². The van der Waals surface area contributed by atoms with E-state index in [9.17, 15) is 9.90 Å². The Morgan fingerprint density at radius 2 is 1.18 bits per heavy atom. The number of nitrogens with zero attached hydrogens (tertiary/aromatic N) is 4. The molecule has 0 aliphatic rings. The van der Waals surface area contributed by atoms with Crippen molar-refractivity contribution in [2.24, 2.45) is 0 Å². The Hall–Kier alpha value is -5.52. The molecule has 7 aromatic carbocycles. The van der Waals surface area contributed by atoms with Crippen molar-refractivity contribution in [2.45, 2.75) is 44.4 Å². The van der Waals surface area contributed by atoms with Crippen LogP contribution in [0.3, 0.4) is 0 Å². The number of carbonyl (C=O) groups is 1. The molecule has 9 aromatic rings. The number of hydrogen-bond donors (Lipinski definition) is 4. The van der Waals surface area contributed by atoms with Gasteiger partial charge in [-0.15, -0.1) is 12.6 Å². The summed E-state index contributed by atoms with van der Waals surface area (Å²) in [6.07, 6.45) is -0.504. The first-order valence-electron chi connectivity index (χ1n) is 18.7. The van der Waals surface area contributed by atoms with Crippen molar-refractivity contribution in [1.82, 2.24) is 20.6 Å². The van der Waals surface area contributed by atoms with Crippen molar-refractivity contribution in [3.8, 4) is 11.1 Å². The minimum absolute atomic E-state index is 0.0856. The Kier molecular flexibility index (Phi) is 16.5. The lowest BCUT2D eigenvalue weighted by Crippen LogP contribution is -2.30. The summed E-state index contributed by atoms with van der Waals surface area (Å²) in [4.78, 5) is 16.2. The van der Waals surface area contributed by atoms with Crippen LogP contribution >= 0.6 is 52.1 Å². The first-order valence-corrected chi connectivity index (χ1v) is 21.5. The third kappa shape index (κ3) is 13.2. The van der Waals surface area contributed by atoms with Crippen LogP contribution in [0.2, 0.25) is 0 Å². The fourth-order valence-electron chi connectivity index (χ4n) is 5.56. The van der Waals surface area contributed by atoms with Gasteiger partial charge in [0.2, 0.25) is 0 Å². The van der Waals surface area contributed by atoms with Gasteiger partial charge in [-0.2, -0.15) is 0 Å². The smallest absolute Gasteiger partial charge is 0.423 e. The van der Waals surface area contributed by atoms with E-state index in [0.717, 1.165) is 67.7 Å². The topological polar surface area (TPSA) is 156 Å². The number of benzene rings is 7. The molecule has 0 fully saturated rings. The second kappa shape index (κ2) is 22.4. The highest BCUT2D eigenvalue weighted by atomic mass is 79.9. The molecule has 10 nitrogen and oxygen atoms in total. The van der Waals surface area contributed by atoms with Crippen LogP contribution in [0, 0.1) is 0 Å². The van der Waals surface area contributed by atoms with E-state index in [1.807, 2.05) is 109 Å². The zero-order valence-corrected chi connectivity index (χ0v) is 36.9. The van der Waals surface area contributed by atoms with E-state index in [2.05, 4.69) is 79.5 Å². The molecule has 1 unspecified atom stereocenters. The van der Waals surface area contributed by atoms with Crippen LogP contribution in [0.5, 0.6) is 0 Å². The van der Waals surface area contributed by atoms with E-state index >= 15 is 0 Å². The van der Waals surface area contributed by atoms with Crippen molar-refractivity contribution >= 4 is 92.5 Å². The van der Waals surface area contributed by atoms with Crippen molar-refractivity contribution < 1.29 is 29.2 Å². The maximum absolute atomic E-state index is 10.9. The molecular weight excluding hydrogens is 891 g/mol. The molecule has 0 saturated carbocycles. The number of rotatable bonds is 8. The van der Waals surface area contributed by atoms with Crippen LogP contribution in [0.15, 0.2) is 202 Å². The number of halogens is 1. The van der Waals surface area contributed by atoms with E-state index < -0.39 is 13.2 Å². The summed E-state index contributed by atoms with van der Waals surface area (Å²) < 4.78 is 10.7. The number of ketones is 1. The van der Waals surface area contributed by atoms with Gasteiger partial charge in [0.05, 0.1) is 6.10 Å². The van der Waals surface area contributed by atoms with Crippen LogP contribution in [-0.4, -0.2) is 48.7 Å². The van der Waals surface area contributed by atoms with E-state index in [1.54, 1.807) is 48.6 Å². The minimum atomic E-state index is -1.51. The predicted molar refractivity (Wildman–Crippen MR) is 248 cm³/mol. The molecule has 0 spiro atoms. The molecule has 0 amide bonds. The van der Waals surface area contributed by atoms with Gasteiger partial charge in [-0.3, -0.25) is 4.79 Å². The van der Waals surface area contributed by atoms with Crippen LogP contribution in [0.1, 0.15) is 35.9 Å². The molecule has 3 N–H and O–H groups in total. The minimum Gasteiger partial charge on any atom is -0.423 e. The Bertz CT molecular complexity index is 2800. The van der Waals surface area contributed by atoms with Crippen LogP contribution < -0.4 is 5.46 Å². The van der Waals surface area contributed by atoms with E-state index in [4.69, 9.17) is 19.3 Å². The molecular formula is C46H38BBrN4O6S3. The number of aliphatic hydroxyl groups excluding tert-OH is 1. The van der Waals surface area contributed by atoms with E-state index in [0.29, 0.717) is 11.0 Å². The molecule has 0 saturated heterocycles. The molecule has 1 atom stereocenters. The summed E-state index contributed by atoms with van der Waals surface area (Å²) >= 11 is 10.8. The molecule has 9 rings (SSSR count). The van der Waals surface area contributed by atoms with Gasteiger partial charge in [0.25, 0.3) is 0 Å². The molecule has 306 valence electrons. The highest BCUT2D eigenvalue weighted by molar-refractivity contribution is 9.10. The second-order valence-corrected chi connectivity index (χ2v) is 16.8. The zero-order chi connectivity index (χ0) is 43.1. The highest BCUT2D eigenvalue weighted by Gasteiger charge is 2.14. The van der Waals surface area contributed by atoms with Crippen LogP contribution in [0.4, 0.5) is 0 Å². The molecule has 2 heterocycles. The molecule has 0 radical (unpaired) electrons. The average molecular weight is 930 g/mol. The van der Waals surface area contributed by atoms with Gasteiger partial charge in [-0.05, 0) is 123 Å². The normalized spacial score (nSPS) is 11.0.